The molecule has 0 aliphatic carbocycles. The van der Waals surface area contributed by atoms with Crippen LogP contribution in [0, 0.1) is 13.8 Å². The van der Waals surface area contributed by atoms with Gasteiger partial charge < -0.3 is 0 Å². The minimum absolute atomic E-state index is 0.197. The van der Waals surface area contributed by atoms with Gasteiger partial charge in [0, 0.05) is 12.7 Å². The number of benzene rings is 1. The smallest absolute Gasteiger partial charge is 0.241 e. The van der Waals surface area contributed by atoms with E-state index in [0.29, 0.717) is 10.6 Å². The fourth-order valence-corrected chi connectivity index (χ4v) is 3.25. The fraction of sp³-hybridized carbons (Fsp3) is 0.357. The molecule has 0 bridgehead atoms. The van der Waals surface area contributed by atoms with E-state index in [0.717, 1.165) is 17.7 Å². The quantitative estimate of drug-likeness (QED) is 0.917. The number of hydrogen-bond acceptors (Lipinski definition) is 3. The van der Waals surface area contributed by atoms with Gasteiger partial charge in [-0.25, -0.2) is 13.1 Å². The molecule has 0 aliphatic heterocycles. The number of aryl methyl sites for hydroxylation is 3. The molecule has 2 rings (SSSR count). The van der Waals surface area contributed by atoms with E-state index in [1.165, 1.54) is 0 Å². The standard InChI is InChI=1S/C14H19N3O2S/c1-4-17-8-7-13(16-17)10-15-20(18,19)14-6-5-11(2)9-12(14)3/h5-9,15H,4,10H2,1-3H3. The lowest BCUT2D eigenvalue weighted by molar-refractivity contribution is 0.577. The highest BCUT2D eigenvalue weighted by molar-refractivity contribution is 7.89. The van der Waals surface area contributed by atoms with Crippen molar-refractivity contribution in [1.82, 2.24) is 14.5 Å². The van der Waals surface area contributed by atoms with Crippen LogP contribution in [-0.2, 0) is 23.1 Å². The van der Waals surface area contributed by atoms with E-state index in [1.54, 1.807) is 23.7 Å². The Hall–Kier alpha value is -1.66. The van der Waals surface area contributed by atoms with Gasteiger partial charge in [0.25, 0.3) is 0 Å². The molecule has 1 heterocycles. The Morgan fingerprint density at radius 3 is 2.60 bits per heavy atom. The number of rotatable bonds is 5. The summed E-state index contributed by atoms with van der Waals surface area (Å²) in [6.45, 7) is 6.69. The van der Waals surface area contributed by atoms with Crippen LogP contribution in [0.3, 0.4) is 0 Å². The van der Waals surface area contributed by atoms with Crippen LogP contribution in [0.15, 0.2) is 35.4 Å². The van der Waals surface area contributed by atoms with E-state index >= 15 is 0 Å². The molecule has 5 nitrogen and oxygen atoms in total. The highest BCUT2D eigenvalue weighted by Crippen LogP contribution is 2.16. The Bertz CT molecular complexity index is 705. The average Bonchev–Trinajstić information content (AvgIpc) is 2.84. The molecule has 0 saturated heterocycles. The molecule has 20 heavy (non-hydrogen) atoms. The molecular weight excluding hydrogens is 274 g/mol. The molecular formula is C14H19N3O2S. The lowest BCUT2D eigenvalue weighted by atomic mass is 10.2. The number of sulfonamides is 1. The van der Waals surface area contributed by atoms with Gasteiger partial charge in [0.05, 0.1) is 17.1 Å². The Morgan fingerprint density at radius 1 is 1.25 bits per heavy atom. The van der Waals surface area contributed by atoms with Gasteiger partial charge in [-0.15, -0.1) is 0 Å². The molecule has 1 aromatic heterocycles. The van der Waals surface area contributed by atoms with Crippen LogP contribution < -0.4 is 4.72 Å². The van der Waals surface area contributed by atoms with Crippen molar-refractivity contribution in [3.63, 3.8) is 0 Å². The van der Waals surface area contributed by atoms with Gasteiger partial charge in [0.1, 0.15) is 0 Å². The van der Waals surface area contributed by atoms with E-state index in [2.05, 4.69) is 9.82 Å². The molecule has 1 aromatic carbocycles. The topological polar surface area (TPSA) is 64.0 Å². The first-order chi connectivity index (χ1) is 9.42. The first kappa shape index (κ1) is 14.7. The summed E-state index contributed by atoms with van der Waals surface area (Å²) in [5.74, 6) is 0. The molecule has 108 valence electrons. The second kappa shape index (κ2) is 5.76. The summed E-state index contributed by atoms with van der Waals surface area (Å²) in [5, 5.41) is 4.25. The van der Waals surface area contributed by atoms with Crippen LogP contribution in [0.2, 0.25) is 0 Å². The molecule has 0 unspecified atom stereocenters. The lowest BCUT2D eigenvalue weighted by Crippen LogP contribution is -2.24. The maximum Gasteiger partial charge on any atom is 0.241 e. The molecule has 0 spiro atoms. The van der Waals surface area contributed by atoms with Crippen molar-refractivity contribution in [2.45, 2.75) is 38.8 Å². The Labute approximate surface area is 119 Å². The normalized spacial score (nSPS) is 11.8. The summed E-state index contributed by atoms with van der Waals surface area (Å²) in [6, 6.07) is 7.11. The van der Waals surface area contributed by atoms with Crippen LogP contribution in [0.25, 0.3) is 0 Å². The summed E-state index contributed by atoms with van der Waals surface area (Å²) < 4.78 is 28.9. The van der Waals surface area contributed by atoms with Gasteiger partial charge in [-0.05, 0) is 38.5 Å². The van der Waals surface area contributed by atoms with Crippen molar-refractivity contribution in [3.8, 4) is 0 Å². The Balaban J connectivity index is 2.14. The monoisotopic (exact) mass is 293 g/mol. The van der Waals surface area contributed by atoms with Crippen LogP contribution >= 0.6 is 0 Å². The van der Waals surface area contributed by atoms with Crippen molar-refractivity contribution in [3.05, 3.63) is 47.3 Å². The zero-order chi connectivity index (χ0) is 14.8. The van der Waals surface area contributed by atoms with E-state index in [4.69, 9.17) is 0 Å². The van der Waals surface area contributed by atoms with E-state index in [9.17, 15) is 8.42 Å². The predicted molar refractivity (Wildman–Crippen MR) is 77.8 cm³/mol. The Morgan fingerprint density at radius 2 is 2.00 bits per heavy atom. The molecule has 0 fully saturated rings. The molecule has 0 amide bonds. The summed E-state index contributed by atoms with van der Waals surface area (Å²) in [6.07, 6.45) is 1.83. The second-order valence-corrected chi connectivity index (χ2v) is 6.49. The molecule has 0 atom stereocenters. The number of aromatic nitrogens is 2. The van der Waals surface area contributed by atoms with Gasteiger partial charge in [-0.3, -0.25) is 4.68 Å². The van der Waals surface area contributed by atoms with Gasteiger partial charge in [0.15, 0.2) is 0 Å². The number of nitrogens with one attached hydrogen (secondary N) is 1. The van der Waals surface area contributed by atoms with Crippen LogP contribution in [0.5, 0.6) is 0 Å². The fourth-order valence-electron chi connectivity index (χ4n) is 2.02. The zero-order valence-corrected chi connectivity index (χ0v) is 12.7. The largest absolute Gasteiger partial charge is 0.273 e. The third kappa shape index (κ3) is 3.26. The predicted octanol–water partition coefficient (Wildman–Crippen LogP) is 2.00. The first-order valence-electron chi connectivity index (χ1n) is 6.51. The first-order valence-corrected chi connectivity index (χ1v) is 8.00. The second-order valence-electron chi connectivity index (χ2n) is 4.76. The van der Waals surface area contributed by atoms with Crippen molar-refractivity contribution < 1.29 is 8.42 Å². The van der Waals surface area contributed by atoms with Crippen molar-refractivity contribution in [1.29, 1.82) is 0 Å². The van der Waals surface area contributed by atoms with E-state index in [1.807, 2.05) is 32.2 Å². The van der Waals surface area contributed by atoms with Crippen molar-refractivity contribution >= 4 is 10.0 Å². The average molecular weight is 293 g/mol. The number of hydrogen-bond donors (Lipinski definition) is 1. The van der Waals surface area contributed by atoms with Crippen molar-refractivity contribution in [2.24, 2.45) is 0 Å². The summed E-state index contributed by atoms with van der Waals surface area (Å²) >= 11 is 0. The van der Waals surface area contributed by atoms with Crippen molar-refractivity contribution in [2.75, 3.05) is 0 Å². The summed E-state index contributed by atoms with van der Waals surface area (Å²) in [7, 11) is -3.50. The van der Waals surface area contributed by atoms with E-state index in [-0.39, 0.29) is 6.54 Å². The zero-order valence-electron chi connectivity index (χ0n) is 11.9. The minimum atomic E-state index is -3.50. The highest BCUT2D eigenvalue weighted by Gasteiger charge is 2.16. The molecule has 0 aliphatic rings. The molecule has 6 heteroatoms. The lowest BCUT2D eigenvalue weighted by Gasteiger charge is -2.09. The van der Waals surface area contributed by atoms with Crippen LogP contribution in [-0.4, -0.2) is 18.2 Å². The minimum Gasteiger partial charge on any atom is -0.273 e. The molecule has 2 aromatic rings. The maximum atomic E-state index is 12.3. The summed E-state index contributed by atoms with van der Waals surface area (Å²) in [4.78, 5) is 0.318. The Kier molecular flexibility index (Phi) is 4.25. The number of nitrogens with zero attached hydrogens (tertiary/aromatic N) is 2. The van der Waals surface area contributed by atoms with Gasteiger partial charge >= 0.3 is 0 Å². The maximum absolute atomic E-state index is 12.3. The van der Waals surface area contributed by atoms with Crippen LogP contribution in [0.4, 0.5) is 0 Å². The van der Waals surface area contributed by atoms with Gasteiger partial charge in [0.2, 0.25) is 10.0 Å². The highest BCUT2D eigenvalue weighted by atomic mass is 32.2. The summed E-state index contributed by atoms with van der Waals surface area (Å²) in [5.41, 5.74) is 2.50. The molecule has 0 saturated carbocycles. The third-order valence-electron chi connectivity index (χ3n) is 3.08. The van der Waals surface area contributed by atoms with Gasteiger partial charge in [-0.1, -0.05) is 17.7 Å². The third-order valence-corrected chi connectivity index (χ3v) is 4.64. The van der Waals surface area contributed by atoms with E-state index < -0.39 is 10.0 Å². The van der Waals surface area contributed by atoms with Gasteiger partial charge in [-0.2, -0.15) is 5.10 Å². The SMILES string of the molecule is CCn1ccc(CNS(=O)(=O)c2ccc(C)cc2C)n1. The molecule has 0 radical (unpaired) electrons. The van der Waals surface area contributed by atoms with Crippen LogP contribution in [0.1, 0.15) is 23.7 Å². The molecule has 1 N–H and O–H groups in total.